The number of anilines is 1. The summed E-state index contributed by atoms with van der Waals surface area (Å²) >= 11 is 0. The lowest BCUT2D eigenvalue weighted by molar-refractivity contribution is 0.0689. The van der Waals surface area contributed by atoms with Crippen molar-refractivity contribution in [2.24, 2.45) is 0 Å². The molecule has 3 N–H and O–H groups in total. The Morgan fingerprint density at radius 2 is 2.13 bits per heavy atom. The van der Waals surface area contributed by atoms with E-state index in [0.717, 1.165) is 0 Å². The SMILES string of the molecule is CC(C)c1nc(N)c(C#N)c(C(=O)O)n1. The molecule has 0 aliphatic rings. The molecule has 15 heavy (non-hydrogen) atoms. The molecule has 0 unspecified atom stereocenters. The Morgan fingerprint density at radius 1 is 1.53 bits per heavy atom. The van der Waals surface area contributed by atoms with Gasteiger partial charge in [-0.15, -0.1) is 0 Å². The molecule has 1 heterocycles. The molecule has 1 aromatic heterocycles. The van der Waals surface area contributed by atoms with E-state index in [1.165, 1.54) is 0 Å². The summed E-state index contributed by atoms with van der Waals surface area (Å²) in [6.45, 7) is 3.62. The molecule has 6 nitrogen and oxygen atoms in total. The van der Waals surface area contributed by atoms with Crippen LogP contribution in [0, 0.1) is 11.3 Å². The number of carbonyl (C=O) groups is 1. The molecule has 0 fully saturated rings. The third-order valence-corrected chi connectivity index (χ3v) is 1.79. The second-order valence-corrected chi connectivity index (χ2v) is 3.26. The van der Waals surface area contributed by atoms with Gasteiger partial charge in [0.2, 0.25) is 0 Å². The fourth-order valence-electron chi connectivity index (χ4n) is 1.02. The Morgan fingerprint density at radius 3 is 2.53 bits per heavy atom. The van der Waals surface area contributed by atoms with Gasteiger partial charge in [-0.2, -0.15) is 5.26 Å². The number of rotatable bonds is 2. The molecule has 0 saturated carbocycles. The molecule has 1 rings (SSSR count). The number of hydrogen-bond donors (Lipinski definition) is 2. The van der Waals surface area contributed by atoms with Crippen LogP contribution in [-0.4, -0.2) is 21.0 Å². The van der Waals surface area contributed by atoms with Crippen LogP contribution in [0.15, 0.2) is 0 Å². The Kier molecular flexibility index (Phi) is 2.85. The molecule has 0 bridgehead atoms. The van der Waals surface area contributed by atoms with Crippen LogP contribution >= 0.6 is 0 Å². The summed E-state index contributed by atoms with van der Waals surface area (Å²) in [5, 5.41) is 17.5. The van der Waals surface area contributed by atoms with Gasteiger partial charge < -0.3 is 10.8 Å². The molecule has 0 aliphatic carbocycles. The van der Waals surface area contributed by atoms with Gasteiger partial charge >= 0.3 is 5.97 Å². The van der Waals surface area contributed by atoms with Crippen molar-refractivity contribution in [3.05, 3.63) is 17.1 Å². The lowest BCUT2D eigenvalue weighted by Gasteiger charge is -2.07. The second-order valence-electron chi connectivity index (χ2n) is 3.26. The second kappa shape index (κ2) is 3.92. The highest BCUT2D eigenvalue weighted by Crippen LogP contribution is 2.17. The first-order chi connectivity index (χ1) is 6.97. The Labute approximate surface area is 86.4 Å². The zero-order valence-corrected chi connectivity index (χ0v) is 8.35. The van der Waals surface area contributed by atoms with Crippen LogP contribution in [0.25, 0.3) is 0 Å². The van der Waals surface area contributed by atoms with E-state index in [4.69, 9.17) is 16.1 Å². The van der Waals surface area contributed by atoms with Crippen LogP contribution in [-0.2, 0) is 0 Å². The van der Waals surface area contributed by atoms with E-state index in [9.17, 15) is 4.79 Å². The van der Waals surface area contributed by atoms with Gasteiger partial charge in [-0.3, -0.25) is 0 Å². The summed E-state index contributed by atoms with van der Waals surface area (Å²) < 4.78 is 0. The van der Waals surface area contributed by atoms with Gasteiger partial charge in [0, 0.05) is 5.92 Å². The van der Waals surface area contributed by atoms with Crippen LogP contribution in [0.5, 0.6) is 0 Å². The Balaban J connectivity index is 3.47. The lowest BCUT2D eigenvalue weighted by Crippen LogP contribution is -2.12. The van der Waals surface area contributed by atoms with Crippen LogP contribution < -0.4 is 5.73 Å². The largest absolute Gasteiger partial charge is 0.476 e. The quantitative estimate of drug-likeness (QED) is 0.738. The summed E-state index contributed by atoms with van der Waals surface area (Å²) in [5.41, 5.74) is 4.94. The summed E-state index contributed by atoms with van der Waals surface area (Å²) in [5.74, 6) is -1.09. The van der Waals surface area contributed by atoms with Gasteiger partial charge in [0.1, 0.15) is 23.3 Å². The van der Waals surface area contributed by atoms with E-state index in [-0.39, 0.29) is 23.0 Å². The molecule has 1 aromatic rings. The minimum Gasteiger partial charge on any atom is -0.476 e. The molecule has 0 saturated heterocycles. The minimum atomic E-state index is -1.28. The zero-order valence-electron chi connectivity index (χ0n) is 8.35. The number of nitriles is 1. The van der Waals surface area contributed by atoms with E-state index in [0.29, 0.717) is 5.82 Å². The maximum atomic E-state index is 10.8. The maximum absolute atomic E-state index is 10.8. The molecule has 0 radical (unpaired) electrons. The van der Waals surface area contributed by atoms with Crippen molar-refractivity contribution in [1.29, 1.82) is 5.26 Å². The first-order valence-electron chi connectivity index (χ1n) is 4.28. The number of carboxylic acid groups (broad SMARTS) is 1. The standard InChI is InChI=1S/C9H10N4O2/c1-4(2)8-12-6(9(14)15)5(3-10)7(11)13-8/h4H,1-2H3,(H,14,15)(H2,11,12,13). The first-order valence-corrected chi connectivity index (χ1v) is 4.28. The Bertz CT molecular complexity index is 448. The number of aromatic carboxylic acids is 1. The smallest absolute Gasteiger partial charge is 0.356 e. The van der Waals surface area contributed by atoms with Crippen molar-refractivity contribution in [3.8, 4) is 6.07 Å². The van der Waals surface area contributed by atoms with Crippen molar-refractivity contribution in [3.63, 3.8) is 0 Å². The third-order valence-electron chi connectivity index (χ3n) is 1.79. The van der Waals surface area contributed by atoms with Gasteiger partial charge in [-0.05, 0) is 0 Å². The van der Waals surface area contributed by atoms with Gasteiger partial charge in [0.25, 0.3) is 0 Å². The van der Waals surface area contributed by atoms with E-state index in [2.05, 4.69) is 9.97 Å². The fourth-order valence-corrected chi connectivity index (χ4v) is 1.02. The van der Waals surface area contributed by atoms with Gasteiger partial charge in [-0.1, -0.05) is 13.8 Å². The summed E-state index contributed by atoms with van der Waals surface area (Å²) in [6.07, 6.45) is 0. The predicted molar refractivity (Wildman–Crippen MR) is 52.2 cm³/mol. The first kappa shape index (κ1) is 10.9. The molecule has 0 aliphatic heterocycles. The van der Waals surface area contributed by atoms with Crippen molar-refractivity contribution in [2.75, 3.05) is 5.73 Å². The number of hydrogen-bond acceptors (Lipinski definition) is 5. The molecule has 0 amide bonds. The molecule has 6 heteroatoms. The normalized spacial score (nSPS) is 10.0. The number of nitrogens with zero attached hydrogens (tertiary/aromatic N) is 3. The van der Waals surface area contributed by atoms with Gasteiger partial charge in [0.15, 0.2) is 5.69 Å². The summed E-state index contributed by atoms with van der Waals surface area (Å²) in [7, 11) is 0. The summed E-state index contributed by atoms with van der Waals surface area (Å²) in [6, 6.07) is 1.68. The van der Waals surface area contributed by atoms with Gasteiger partial charge in [-0.25, -0.2) is 14.8 Å². The average Bonchev–Trinajstić information content (AvgIpc) is 2.16. The van der Waals surface area contributed by atoms with Gasteiger partial charge in [0.05, 0.1) is 0 Å². The highest BCUT2D eigenvalue weighted by atomic mass is 16.4. The minimum absolute atomic E-state index is 0.0434. The lowest BCUT2D eigenvalue weighted by atomic mass is 10.1. The number of nitrogens with two attached hydrogens (primary N) is 1. The monoisotopic (exact) mass is 206 g/mol. The number of aromatic nitrogens is 2. The molecule has 0 atom stereocenters. The highest BCUT2D eigenvalue weighted by Gasteiger charge is 2.18. The van der Waals surface area contributed by atoms with E-state index in [1.807, 2.05) is 13.8 Å². The van der Waals surface area contributed by atoms with Crippen LogP contribution in [0.2, 0.25) is 0 Å². The summed E-state index contributed by atoms with van der Waals surface area (Å²) in [4.78, 5) is 18.5. The van der Waals surface area contributed by atoms with Crippen molar-refractivity contribution < 1.29 is 9.90 Å². The Hall–Kier alpha value is -2.16. The highest BCUT2D eigenvalue weighted by molar-refractivity contribution is 5.89. The molecule has 78 valence electrons. The van der Waals surface area contributed by atoms with Crippen molar-refractivity contribution in [1.82, 2.24) is 9.97 Å². The fraction of sp³-hybridized carbons (Fsp3) is 0.333. The molecule has 0 aromatic carbocycles. The molecule has 0 spiro atoms. The zero-order chi connectivity index (χ0) is 11.6. The van der Waals surface area contributed by atoms with Crippen molar-refractivity contribution >= 4 is 11.8 Å². The van der Waals surface area contributed by atoms with Crippen LogP contribution in [0.1, 0.15) is 41.6 Å². The predicted octanol–water partition coefficient (Wildman–Crippen LogP) is 0.752. The maximum Gasteiger partial charge on any atom is 0.356 e. The topological polar surface area (TPSA) is 113 Å². The van der Waals surface area contributed by atoms with E-state index >= 15 is 0 Å². The van der Waals surface area contributed by atoms with E-state index in [1.54, 1.807) is 6.07 Å². The van der Waals surface area contributed by atoms with Crippen LogP contribution in [0.4, 0.5) is 5.82 Å². The number of carboxylic acids is 1. The molecular formula is C9H10N4O2. The average molecular weight is 206 g/mol. The molecular weight excluding hydrogens is 196 g/mol. The third kappa shape index (κ3) is 2.02. The van der Waals surface area contributed by atoms with E-state index < -0.39 is 5.97 Å². The number of nitrogen functional groups attached to an aromatic ring is 1. The van der Waals surface area contributed by atoms with Crippen molar-refractivity contribution in [2.45, 2.75) is 19.8 Å². The van der Waals surface area contributed by atoms with Crippen LogP contribution in [0.3, 0.4) is 0 Å².